The quantitative estimate of drug-likeness (QED) is 0.739. The van der Waals surface area contributed by atoms with Crippen LogP contribution in [0, 0.1) is 29.1 Å². The van der Waals surface area contributed by atoms with Crippen LogP contribution in [0.2, 0.25) is 0 Å². The van der Waals surface area contributed by atoms with Gasteiger partial charge in [-0.3, -0.25) is 0 Å². The van der Waals surface area contributed by atoms with Crippen LogP contribution in [0.1, 0.15) is 33.1 Å². The highest BCUT2D eigenvalue weighted by molar-refractivity contribution is 5.26. The Labute approximate surface area is 115 Å². The maximum absolute atomic E-state index is 9.83. The summed E-state index contributed by atoms with van der Waals surface area (Å²) in [7, 11) is 0. The van der Waals surface area contributed by atoms with Crippen molar-refractivity contribution < 1.29 is 14.6 Å². The lowest BCUT2D eigenvalue weighted by Crippen LogP contribution is -2.50. The Morgan fingerprint density at radius 3 is 2.79 bits per heavy atom. The van der Waals surface area contributed by atoms with Crippen LogP contribution in [0.3, 0.4) is 0 Å². The van der Waals surface area contributed by atoms with Gasteiger partial charge in [-0.2, -0.15) is 0 Å². The molecule has 106 valence electrons. The zero-order valence-electron chi connectivity index (χ0n) is 11.9. The molecule has 1 unspecified atom stereocenters. The number of allylic oxidation sites excluding steroid dienone is 1. The Morgan fingerprint density at radius 1 is 1.37 bits per heavy atom. The fraction of sp³-hybridized carbons (Fsp3) is 0.875. The van der Waals surface area contributed by atoms with Gasteiger partial charge in [-0.1, -0.05) is 18.6 Å². The first kappa shape index (κ1) is 12.4. The average Bonchev–Trinajstić information content (AvgIpc) is 3.08. The first-order valence-electron chi connectivity index (χ1n) is 7.69. The molecule has 2 saturated carbocycles. The van der Waals surface area contributed by atoms with Gasteiger partial charge in [-0.15, -0.1) is 0 Å². The van der Waals surface area contributed by atoms with Gasteiger partial charge in [0.15, 0.2) is 5.79 Å². The highest BCUT2D eigenvalue weighted by atomic mass is 16.7. The molecule has 5 atom stereocenters. The summed E-state index contributed by atoms with van der Waals surface area (Å²) in [4.78, 5) is 0. The van der Waals surface area contributed by atoms with Crippen LogP contribution in [-0.2, 0) is 9.47 Å². The van der Waals surface area contributed by atoms with Crippen molar-refractivity contribution >= 4 is 0 Å². The summed E-state index contributed by atoms with van der Waals surface area (Å²) >= 11 is 0. The molecule has 3 aliphatic carbocycles. The molecule has 4 rings (SSSR count). The zero-order chi connectivity index (χ0) is 13.3. The maximum Gasteiger partial charge on any atom is 0.174 e. The van der Waals surface area contributed by atoms with Crippen molar-refractivity contribution in [1.82, 2.24) is 0 Å². The summed E-state index contributed by atoms with van der Waals surface area (Å²) in [5.74, 6) is 1.77. The fourth-order valence-electron chi connectivity index (χ4n) is 5.85. The third-order valence-corrected chi connectivity index (χ3v) is 6.65. The van der Waals surface area contributed by atoms with Crippen molar-refractivity contribution in [3.8, 4) is 0 Å². The van der Waals surface area contributed by atoms with Gasteiger partial charge in [-0.25, -0.2) is 0 Å². The molecule has 1 aliphatic heterocycles. The van der Waals surface area contributed by atoms with Crippen LogP contribution >= 0.6 is 0 Å². The number of fused-ring (bicyclic) bond motifs is 4. The summed E-state index contributed by atoms with van der Waals surface area (Å²) in [5, 5.41) is 9.83. The molecule has 1 saturated heterocycles. The molecule has 1 spiro atoms. The molecule has 1 N–H and O–H groups in total. The Bertz CT molecular complexity index is 424. The minimum atomic E-state index is -0.358. The topological polar surface area (TPSA) is 38.7 Å². The number of aliphatic hydroxyl groups excluding tert-OH is 1. The second kappa shape index (κ2) is 3.84. The smallest absolute Gasteiger partial charge is 0.174 e. The van der Waals surface area contributed by atoms with Crippen LogP contribution in [-0.4, -0.2) is 30.7 Å². The molecule has 3 nitrogen and oxygen atoms in total. The molecule has 0 aromatic heterocycles. The van der Waals surface area contributed by atoms with E-state index in [1.54, 1.807) is 0 Å². The minimum Gasteiger partial charge on any atom is -0.396 e. The SMILES string of the molecule is CC1=C[C@@H]2C[C@H]3CCC4(OCCO4)[C@@]3(C)[C@@H]2C1CO. The zero-order valence-corrected chi connectivity index (χ0v) is 11.9. The van der Waals surface area contributed by atoms with E-state index in [1.165, 1.54) is 18.4 Å². The lowest BCUT2D eigenvalue weighted by Gasteiger charge is -2.45. The normalized spacial score (nSPS) is 50.6. The van der Waals surface area contributed by atoms with E-state index in [0.29, 0.717) is 23.7 Å². The van der Waals surface area contributed by atoms with Crippen LogP contribution in [0.5, 0.6) is 0 Å². The molecule has 1 heterocycles. The largest absolute Gasteiger partial charge is 0.396 e. The van der Waals surface area contributed by atoms with Crippen LogP contribution in [0.15, 0.2) is 11.6 Å². The van der Waals surface area contributed by atoms with Crippen LogP contribution in [0.25, 0.3) is 0 Å². The van der Waals surface area contributed by atoms with E-state index in [9.17, 15) is 5.11 Å². The van der Waals surface area contributed by atoms with E-state index in [4.69, 9.17) is 9.47 Å². The highest BCUT2D eigenvalue weighted by Crippen LogP contribution is 2.70. The van der Waals surface area contributed by atoms with Gasteiger partial charge in [0.25, 0.3) is 0 Å². The second-order valence-electron chi connectivity index (χ2n) is 7.09. The van der Waals surface area contributed by atoms with E-state index in [1.807, 2.05) is 0 Å². The molecule has 4 aliphatic rings. The van der Waals surface area contributed by atoms with Gasteiger partial charge in [0.1, 0.15) is 0 Å². The molecule has 3 fully saturated rings. The van der Waals surface area contributed by atoms with E-state index in [-0.39, 0.29) is 17.8 Å². The Balaban J connectivity index is 1.77. The maximum atomic E-state index is 9.83. The van der Waals surface area contributed by atoms with Gasteiger partial charge >= 0.3 is 0 Å². The van der Waals surface area contributed by atoms with E-state index in [2.05, 4.69) is 19.9 Å². The number of rotatable bonds is 1. The molecule has 0 aromatic carbocycles. The van der Waals surface area contributed by atoms with Crippen molar-refractivity contribution in [2.75, 3.05) is 19.8 Å². The standard InChI is InChI=1S/C16H24O3/c1-10-7-11-8-12-3-4-16(18-5-6-19-16)15(12,2)14(11)13(10)9-17/h7,11-14,17H,3-6,8-9H2,1-2H3/t11-,12-,13?,14+,15-/m1/s1. The number of hydrogen-bond acceptors (Lipinski definition) is 3. The average molecular weight is 264 g/mol. The fourth-order valence-corrected chi connectivity index (χ4v) is 5.85. The Hall–Kier alpha value is -0.380. The van der Waals surface area contributed by atoms with E-state index in [0.717, 1.165) is 19.6 Å². The van der Waals surface area contributed by atoms with Gasteiger partial charge in [0, 0.05) is 24.4 Å². The first-order chi connectivity index (χ1) is 9.12. The van der Waals surface area contributed by atoms with Gasteiger partial charge in [0.05, 0.1) is 13.2 Å². The molecule has 0 aromatic rings. The lowest BCUT2D eigenvalue weighted by molar-refractivity contribution is -0.238. The number of ether oxygens (including phenoxy) is 2. The molecule has 0 amide bonds. The third kappa shape index (κ3) is 1.29. The third-order valence-electron chi connectivity index (χ3n) is 6.65. The van der Waals surface area contributed by atoms with Gasteiger partial charge < -0.3 is 14.6 Å². The summed E-state index contributed by atoms with van der Waals surface area (Å²) < 4.78 is 12.3. The van der Waals surface area contributed by atoms with Gasteiger partial charge in [0.2, 0.25) is 0 Å². The molecule has 0 radical (unpaired) electrons. The summed E-state index contributed by atoms with van der Waals surface area (Å²) in [6, 6.07) is 0. The predicted molar refractivity (Wildman–Crippen MR) is 71.4 cm³/mol. The Kier molecular flexibility index (Phi) is 2.50. The molecule has 3 heteroatoms. The molecule has 0 bridgehead atoms. The summed E-state index contributed by atoms with van der Waals surface area (Å²) in [6.45, 7) is 6.28. The monoisotopic (exact) mass is 264 g/mol. The summed E-state index contributed by atoms with van der Waals surface area (Å²) in [6.07, 6.45) is 5.92. The van der Waals surface area contributed by atoms with Crippen molar-refractivity contribution in [3.05, 3.63) is 11.6 Å². The molecular weight excluding hydrogens is 240 g/mol. The van der Waals surface area contributed by atoms with Crippen LogP contribution in [0.4, 0.5) is 0 Å². The lowest BCUT2D eigenvalue weighted by atomic mass is 9.66. The van der Waals surface area contributed by atoms with Crippen molar-refractivity contribution in [1.29, 1.82) is 0 Å². The number of aliphatic hydroxyl groups is 1. The van der Waals surface area contributed by atoms with Crippen molar-refractivity contribution in [2.24, 2.45) is 29.1 Å². The minimum absolute atomic E-state index is 0.0792. The summed E-state index contributed by atoms with van der Waals surface area (Å²) in [5.41, 5.74) is 1.45. The first-order valence-corrected chi connectivity index (χ1v) is 7.69. The highest BCUT2D eigenvalue weighted by Gasteiger charge is 2.70. The van der Waals surface area contributed by atoms with Crippen LogP contribution < -0.4 is 0 Å². The van der Waals surface area contributed by atoms with Crippen molar-refractivity contribution in [2.45, 2.75) is 38.9 Å². The van der Waals surface area contributed by atoms with E-state index >= 15 is 0 Å². The second-order valence-corrected chi connectivity index (χ2v) is 7.09. The van der Waals surface area contributed by atoms with E-state index < -0.39 is 0 Å². The predicted octanol–water partition coefficient (Wildman–Crippen LogP) is 2.35. The van der Waals surface area contributed by atoms with Crippen molar-refractivity contribution in [3.63, 3.8) is 0 Å². The number of hydrogen-bond donors (Lipinski definition) is 1. The Morgan fingerprint density at radius 2 is 2.11 bits per heavy atom. The molecule has 19 heavy (non-hydrogen) atoms. The molecular formula is C16H24O3. The van der Waals surface area contributed by atoms with Gasteiger partial charge in [-0.05, 0) is 37.5 Å².